The van der Waals surface area contributed by atoms with Gasteiger partial charge in [0.25, 0.3) is 0 Å². The molecule has 0 aromatic carbocycles. The van der Waals surface area contributed by atoms with Gasteiger partial charge in [0.1, 0.15) is 5.82 Å². The molecule has 18 heavy (non-hydrogen) atoms. The van der Waals surface area contributed by atoms with E-state index in [1.807, 2.05) is 7.05 Å². The van der Waals surface area contributed by atoms with Crippen molar-refractivity contribution in [1.82, 2.24) is 9.78 Å². The second-order valence-electron chi connectivity index (χ2n) is 4.69. The molecule has 0 aliphatic rings. The highest BCUT2D eigenvalue weighted by Crippen LogP contribution is 2.24. The SMILES string of the molecule is CCCc1nn(C)c(NC(C)CCS(C)=O)c1N. The van der Waals surface area contributed by atoms with Gasteiger partial charge in [-0.3, -0.25) is 8.89 Å². The Bertz CT molecular complexity index is 416. The molecule has 0 saturated carbocycles. The molecule has 6 heteroatoms. The van der Waals surface area contributed by atoms with Crippen molar-refractivity contribution in [2.75, 3.05) is 23.1 Å². The third kappa shape index (κ3) is 4.01. The summed E-state index contributed by atoms with van der Waals surface area (Å²) in [6.45, 7) is 4.18. The number of aromatic nitrogens is 2. The normalized spacial score (nSPS) is 14.4. The van der Waals surface area contributed by atoms with Crippen LogP contribution in [0.1, 0.15) is 32.4 Å². The van der Waals surface area contributed by atoms with Crippen LogP contribution in [-0.4, -0.2) is 32.0 Å². The fraction of sp³-hybridized carbons (Fsp3) is 0.750. The highest BCUT2D eigenvalue weighted by atomic mass is 32.2. The molecule has 0 fully saturated rings. The molecule has 0 spiro atoms. The van der Waals surface area contributed by atoms with Gasteiger partial charge in [0.15, 0.2) is 0 Å². The summed E-state index contributed by atoms with van der Waals surface area (Å²) in [6, 6.07) is 0.237. The fourth-order valence-electron chi connectivity index (χ4n) is 1.84. The van der Waals surface area contributed by atoms with Gasteiger partial charge in [0.05, 0.1) is 11.4 Å². The van der Waals surface area contributed by atoms with Crippen molar-refractivity contribution in [3.63, 3.8) is 0 Å². The Kier molecular flexibility index (Phi) is 5.65. The van der Waals surface area contributed by atoms with E-state index in [1.54, 1.807) is 10.9 Å². The Morgan fingerprint density at radius 3 is 2.78 bits per heavy atom. The van der Waals surface area contributed by atoms with E-state index in [9.17, 15) is 4.21 Å². The van der Waals surface area contributed by atoms with Crippen molar-refractivity contribution in [3.8, 4) is 0 Å². The van der Waals surface area contributed by atoms with Gasteiger partial charge in [-0.2, -0.15) is 5.10 Å². The van der Waals surface area contributed by atoms with Gasteiger partial charge >= 0.3 is 0 Å². The highest BCUT2D eigenvalue weighted by Gasteiger charge is 2.14. The zero-order chi connectivity index (χ0) is 13.7. The second kappa shape index (κ2) is 6.78. The first-order valence-corrected chi connectivity index (χ1v) is 8.06. The third-order valence-electron chi connectivity index (χ3n) is 2.87. The first-order chi connectivity index (χ1) is 8.45. The average molecular weight is 272 g/mol. The molecule has 1 rings (SSSR count). The van der Waals surface area contributed by atoms with Crippen molar-refractivity contribution in [3.05, 3.63) is 5.69 Å². The maximum Gasteiger partial charge on any atom is 0.147 e. The number of nitrogens with zero attached hydrogens (tertiary/aromatic N) is 2. The summed E-state index contributed by atoms with van der Waals surface area (Å²) in [4.78, 5) is 0. The molecule has 1 aromatic heterocycles. The Balaban J connectivity index is 2.68. The lowest BCUT2D eigenvalue weighted by Gasteiger charge is -2.15. The Morgan fingerprint density at radius 1 is 1.56 bits per heavy atom. The Hall–Kier alpha value is -1.04. The van der Waals surface area contributed by atoms with E-state index >= 15 is 0 Å². The van der Waals surface area contributed by atoms with Crippen molar-refractivity contribution in [2.24, 2.45) is 7.05 Å². The predicted octanol–water partition coefficient (Wildman–Crippen LogP) is 1.52. The van der Waals surface area contributed by atoms with Gasteiger partial charge in [0, 0.05) is 35.9 Å². The lowest BCUT2D eigenvalue weighted by Crippen LogP contribution is -2.20. The van der Waals surface area contributed by atoms with Crippen LogP contribution in [0, 0.1) is 0 Å². The van der Waals surface area contributed by atoms with Crippen LogP contribution in [0.15, 0.2) is 0 Å². The van der Waals surface area contributed by atoms with E-state index in [2.05, 4.69) is 24.3 Å². The minimum Gasteiger partial charge on any atom is -0.394 e. The topological polar surface area (TPSA) is 72.9 Å². The standard InChI is InChI=1S/C12H24N4OS/c1-5-6-10-11(13)12(16(3)15-10)14-9(2)7-8-18(4)17/h9,14H,5-8,13H2,1-4H3. The van der Waals surface area contributed by atoms with Gasteiger partial charge < -0.3 is 11.1 Å². The minimum atomic E-state index is -0.746. The summed E-state index contributed by atoms with van der Waals surface area (Å²) in [5.74, 6) is 1.57. The number of nitrogen functional groups attached to an aromatic ring is 1. The molecule has 104 valence electrons. The molecule has 0 aliphatic heterocycles. The molecule has 0 radical (unpaired) electrons. The molecule has 2 atom stereocenters. The van der Waals surface area contributed by atoms with Crippen LogP contribution in [0.5, 0.6) is 0 Å². The first-order valence-electron chi connectivity index (χ1n) is 6.33. The largest absolute Gasteiger partial charge is 0.394 e. The quantitative estimate of drug-likeness (QED) is 0.789. The Morgan fingerprint density at radius 2 is 2.22 bits per heavy atom. The van der Waals surface area contributed by atoms with E-state index in [4.69, 9.17) is 5.73 Å². The maximum absolute atomic E-state index is 11.1. The zero-order valence-electron chi connectivity index (χ0n) is 11.7. The monoisotopic (exact) mass is 272 g/mol. The number of rotatable bonds is 7. The van der Waals surface area contributed by atoms with Crippen LogP contribution in [0.2, 0.25) is 0 Å². The number of aryl methyl sites for hydroxylation is 2. The Labute approximate surface area is 112 Å². The van der Waals surface area contributed by atoms with Crippen molar-refractivity contribution >= 4 is 22.3 Å². The van der Waals surface area contributed by atoms with E-state index in [0.717, 1.165) is 36.5 Å². The molecule has 0 bridgehead atoms. The molecule has 5 nitrogen and oxygen atoms in total. The molecule has 0 aliphatic carbocycles. The minimum absolute atomic E-state index is 0.237. The van der Waals surface area contributed by atoms with E-state index in [0.29, 0.717) is 5.75 Å². The molecule has 3 N–H and O–H groups in total. The molecule has 0 saturated heterocycles. The molecule has 1 heterocycles. The summed E-state index contributed by atoms with van der Waals surface area (Å²) >= 11 is 0. The lowest BCUT2D eigenvalue weighted by molar-refractivity contribution is 0.675. The van der Waals surface area contributed by atoms with Gasteiger partial charge in [-0.15, -0.1) is 0 Å². The van der Waals surface area contributed by atoms with Gasteiger partial charge in [-0.25, -0.2) is 0 Å². The summed E-state index contributed by atoms with van der Waals surface area (Å²) in [5, 5.41) is 7.77. The maximum atomic E-state index is 11.1. The number of anilines is 2. The number of nitrogens with two attached hydrogens (primary N) is 1. The lowest BCUT2D eigenvalue weighted by atomic mass is 10.2. The van der Waals surface area contributed by atoms with Crippen LogP contribution >= 0.6 is 0 Å². The van der Waals surface area contributed by atoms with E-state index in [-0.39, 0.29) is 6.04 Å². The molecular weight excluding hydrogens is 248 g/mol. The average Bonchev–Trinajstić information content (AvgIpc) is 2.55. The summed E-state index contributed by atoms with van der Waals surface area (Å²) in [6.07, 6.45) is 4.51. The number of hydrogen-bond acceptors (Lipinski definition) is 4. The number of hydrogen-bond donors (Lipinski definition) is 2. The smallest absolute Gasteiger partial charge is 0.147 e. The molecular formula is C12H24N4OS. The zero-order valence-corrected chi connectivity index (χ0v) is 12.5. The van der Waals surface area contributed by atoms with Crippen LogP contribution in [0.4, 0.5) is 11.5 Å². The molecule has 2 unspecified atom stereocenters. The van der Waals surface area contributed by atoms with E-state index < -0.39 is 10.8 Å². The fourth-order valence-corrected chi connectivity index (χ4v) is 2.52. The van der Waals surface area contributed by atoms with Crippen LogP contribution < -0.4 is 11.1 Å². The van der Waals surface area contributed by atoms with Gasteiger partial charge in [0.2, 0.25) is 0 Å². The second-order valence-corrected chi connectivity index (χ2v) is 6.25. The summed E-state index contributed by atoms with van der Waals surface area (Å²) in [5.41, 5.74) is 7.78. The van der Waals surface area contributed by atoms with E-state index in [1.165, 1.54) is 0 Å². The van der Waals surface area contributed by atoms with Crippen LogP contribution in [-0.2, 0) is 24.3 Å². The first kappa shape index (κ1) is 15.0. The number of nitrogens with one attached hydrogen (secondary N) is 1. The predicted molar refractivity (Wildman–Crippen MR) is 78.3 cm³/mol. The summed E-state index contributed by atoms with van der Waals surface area (Å²) < 4.78 is 12.9. The highest BCUT2D eigenvalue weighted by molar-refractivity contribution is 7.84. The third-order valence-corrected chi connectivity index (χ3v) is 3.68. The van der Waals surface area contributed by atoms with Crippen molar-refractivity contribution in [2.45, 2.75) is 39.2 Å². The van der Waals surface area contributed by atoms with Gasteiger partial charge in [-0.05, 0) is 19.8 Å². The molecule has 0 amide bonds. The van der Waals surface area contributed by atoms with Crippen LogP contribution in [0.25, 0.3) is 0 Å². The van der Waals surface area contributed by atoms with Crippen molar-refractivity contribution < 1.29 is 4.21 Å². The molecule has 1 aromatic rings. The summed E-state index contributed by atoms with van der Waals surface area (Å²) in [7, 11) is 1.15. The van der Waals surface area contributed by atoms with Crippen molar-refractivity contribution in [1.29, 1.82) is 0 Å². The van der Waals surface area contributed by atoms with Gasteiger partial charge in [-0.1, -0.05) is 13.3 Å². The van der Waals surface area contributed by atoms with Crippen LogP contribution in [0.3, 0.4) is 0 Å².